The van der Waals surface area contributed by atoms with Gasteiger partial charge in [-0.25, -0.2) is 4.98 Å². The second-order valence-electron chi connectivity index (χ2n) is 5.08. The molecule has 0 bridgehead atoms. The molecule has 3 heteroatoms. The van der Waals surface area contributed by atoms with Crippen molar-refractivity contribution >= 4 is 11.5 Å². The van der Waals surface area contributed by atoms with Gasteiger partial charge in [0.1, 0.15) is 5.82 Å². The van der Waals surface area contributed by atoms with Gasteiger partial charge in [-0.2, -0.15) is 0 Å². The zero-order chi connectivity index (χ0) is 11.0. The Morgan fingerprint density at radius 2 is 1.94 bits per heavy atom. The topological polar surface area (TPSA) is 19.4 Å². The molecule has 0 saturated carbocycles. The molecule has 3 rings (SSSR count). The van der Waals surface area contributed by atoms with Crippen molar-refractivity contribution in [2.45, 2.75) is 19.8 Å². The molecule has 16 heavy (non-hydrogen) atoms. The molecule has 0 unspecified atom stereocenters. The first-order valence-electron chi connectivity index (χ1n) is 6.29. The average molecular weight is 217 g/mol. The summed E-state index contributed by atoms with van der Waals surface area (Å²) in [6.07, 6.45) is 4.57. The standard InChI is InChI=1S/C13H19N3/c1-11-9-16(10-11)12-4-5-14-13(8-12)15-6-2-3-7-15/h4-5,8,11H,2-3,6-7,9-10H2,1H3. The molecule has 0 aromatic carbocycles. The Morgan fingerprint density at radius 1 is 1.19 bits per heavy atom. The number of pyridine rings is 1. The molecule has 1 aromatic heterocycles. The van der Waals surface area contributed by atoms with Crippen molar-refractivity contribution in [3.63, 3.8) is 0 Å². The highest BCUT2D eigenvalue weighted by molar-refractivity contribution is 5.56. The predicted octanol–water partition coefficient (Wildman–Crippen LogP) is 2.14. The molecule has 0 N–H and O–H groups in total. The van der Waals surface area contributed by atoms with Crippen LogP contribution in [-0.2, 0) is 0 Å². The number of hydrogen-bond acceptors (Lipinski definition) is 3. The molecule has 86 valence electrons. The van der Waals surface area contributed by atoms with Gasteiger partial charge in [-0.15, -0.1) is 0 Å². The van der Waals surface area contributed by atoms with Crippen molar-refractivity contribution < 1.29 is 0 Å². The van der Waals surface area contributed by atoms with Gasteiger partial charge < -0.3 is 9.80 Å². The van der Waals surface area contributed by atoms with Crippen molar-refractivity contribution in [1.29, 1.82) is 0 Å². The van der Waals surface area contributed by atoms with Gasteiger partial charge in [-0.3, -0.25) is 0 Å². The maximum absolute atomic E-state index is 4.48. The van der Waals surface area contributed by atoms with Gasteiger partial charge in [0.25, 0.3) is 0 Å². The lowest BCUT2D eigenvalue weighted by molar-refractivity contribution is 0.447. The van der Waals surface area contributed by atoms with Gasteiger partial charge >= 0.3 is 0 Å². The molecule has 2 aliphatic heterocycles. The summed E-state index contributed by atoms with van der Waals surface area (Å²) in [5.74, 6) is 2.01. The van der Waals surface area contributed by atoms with E-state index in [4.69, 9.17) is 0 Å². The first-order valence-corrected chi connectivity index (χ1v) is 6.29. The van der Waals surface area contributed by atoms with Crippen LogP contribution < -0.4 is 9.80 Å². The average Bonchev–Trinajstić information content (AvgIpc) is 2.78. The molecule has 0 aliphatic carbocycles. The van der Waals surface area contributed by atoms with Crippen molar-refractivity contribution in [2.75, 3.05) is 36.0 Å². The van der Waals surface area contributed by atoms with Gasteiger partial charge in [0.15, 0.2) is 0 Å². The second kappa shape index (κ2) is 3.96. The third-order valence-electron chi connectivity index (χ3n) is 3.59. The van der Waals surface area contributed by atoms with Crippen molar-refractivity contribution in [2.24, 2.45) is 5.92 Å². The van der Waals surface area contributed by atoms with Crippen LogP contribution >= 0.6 is 0 Å². The minimum atomic E-state index is 0.850. The second-order valence-corrected chi connectivity index (χ2v) is 5.08. The Kier molecular flexibility index (Phi) is 2.46. The van der Waals surface area contributed by atoms with Gasteiger partial charge in [-0.05, 0) is 24.8 Å². The summed E-state index contributed by atoms with van der Waals surface area (Å²) in [7, 11) is 0. The van der Waals surface area contributed by atoms with Crippen LogP contribution in [-0.4, -0.2) is 31.2 Å². The predicted molar refractivity (Wildman–Crippen MR) is 67.1 cm³/mol. The number of rotatable bonds is 2. The molecule has 2 saturated heterocycles. The fraction of sp³-hybridized carbons (Fsp3) is 0.615. The van der Waals surface area contributed by atoms with Crippen LogP contribution in [0.3, 0.4) is 0 Å². The monoisotopic (exact) mass is 217 g/mol. The molecule has 0 atom stereocenters. The van der Waals surface area contributed by atoms with E-state index < -0.39 is 0 Å². The van der Waals surface area contributed by atoms with E-state index in [0.717, 1.165) is 11.7 Å². The Balaban J connectivity index is 1.77. The van der Waals surface area contributed by atoms with Crippen LogP contribution in [0.5, 0.6) is 0 Å². The quantitative estimate of drug-likeness (QED) is 0.756. The lowest BCUT2D eigenvalue weighted by Gasteiger charge is -2.39. The van der Waals surface area contributed by atoms with E-state index >= 15 is 0 Å². The SMILES string of the molecule is CC1CN(c2ccnc(N3CCCC3)c2)C1. The summed E-state index contributed by atoms with van der Waals surface area (Å²) in [5.41, 5.74) is 1.34. The van der Waals surface area contributed by atoms with Crippen molar-refractivity contribution in [3.05, 3.63) is 18.3 Å². The summed E-state index contributed by atoms with van der Waals surface area (Å²) in [6, 6.07) is 4.38. The van der Waals surface area contributed by atoms with Crippen LogP contribution in [0, 0.1) is 5.92 Å². The normalized spacial score (nSPS) is 21.3. The van der Waals surface area contributed by atoms with Gasteiger partial charge in [-0.1, -0.05) is 6.92 Å². The lowest BCUT2D eigenvalue weighted by atomic mass is 10.0. The zero-order valence-corrected chi connectivity index (χ0v) is 9.89. The molecular formula is C13H19N3. The molecule has 0 amide bonds. The largest absolute Gasteiger partial charge is 0.371 e. The number of aromatic nitrogens is 1. The molecule has 1 aromatic rings. The summed E-state index contributed by atoms with van der Waals surface area (Å²) < 4.78 is 0. The van der Waals surface area contributed by atoms with Crippen molar-refractivity contribution in [1.82, 2.24) is 4.98 Å². The first kappa shape index (κ1) is 9.94. The third-order valence-corrected chi connectivity index (χ3v) is 3.59. The molecule has 0 spiro atoms. The highest BCUT2D eigenvalue weighted by Gasteiger charge is 2.23. The minimum Gasteiger partial charge on any atom is -0.371 e. The van der Waals surface area contributed by atoms with E-state index in [0.29, 0.717) is 0 Å². The number of anilines is 2. The molecular weight excluding hydrogens is 198 g/mol. The van der Waals surface area contributed by atoms with Crippen LogP contribution in [0.25, 0.3) is 0 Å². The van der Waals surface area contributed by atoms with Gasteiger partial charge in [0.05, 0.1) is 0 Å². The first-order chi connectivity index (χ1) is 7.83. The highest BCUT2D eigenvalue weighted by Crippen LogP contribution is 2.27. The van der Waals surface area contributed by atoms with Gasteiger partial charge in [0.2, 0.25) is 0 Å². The number of hydrogen-bond donors (Lipinski definition) is 0. The zero-order valence-electron chi connectivity index (χ0n) is 9.89. The highest BCUT2D eigenvalue weighted by atomic mass is 15.2. The molecule has 0 radical (unpaired) electrons. The fourth-order valence-electron chi connectivity index (χ4n) is 2.63. The van der Waals surface area contributed by atoms with E-state index in [1.165, 1.54) is 44.7 Å². The summed E-state index contributed by atoms with van der Waals surface area (Å²) in [5, 5.41) is 0. The lowest BCUT2D eigenvalue weighted by Crippen LogP contribution is -2.45. The molecule has 2 fully saturated rings. The Morgan fingerprint density at radius 3 is 2.62 bits per heavy atom. The van der Waals surface area contributed by atoms with E-state index in [1.54, 1.807) is 0 Å². The van der Waals surface area contributed by atoms with E-state index in [-0.39, 0.29) is 0 Å². The smallest absolute Gasteiger partial charge is 0.130 e. The summed E-state index contributed by atoms with van der Waals surface area (Å²) in [4.78, 5) is 9.31. The fourth-order valence-corrected chi connectivity index (χ4v) is 2.63. The van der Waals surface area contributed by atoms with E-state index in [9.17, 15) is 0 Å². The van der Waals surface area contributed by atoms with Gasteiger partial charge in [0, 0.05) is 44.1 Å². The molecule has 3 nitrogen and oxygen atoms in total. The number of nitrogens with zero attached hydrogens (tertiary/aromatic N) is 3. The Labute approximate surface area is 97.1 Å². The summed E-state index contributed by atoms with van der Waals surface area (Å²) in [6.45, 7) is 7.05. The molecule has 2 aliphatic rings. The Bertz CT molecular complexity index is 365. The van der Waals surface area contributed by atoms with E-state index in [2.05, 4.69) is 33.8 Å². The van der Waals surface area contributed by atoms with Crippen LogP contribution in [0.4, 0.5) is 11.5 Å². The third kappa shape index (κ3) is 1.75. The maximum atomic E-state index is 4.48. The van der Waals surface area contributed by atoms with Crippen LogP contribution in [0.15, 0.2) is 18.3 Å². The minimum absolute atomic E-state index is 0.850. The summed E-state index contributed by atoms with van der Waals surface area (Å²) >= 11 is 0. The van der Waals surface area contributed by atoms with Crippen LogP contribution in [0.1, 0.15) is 19.8 Å². The molecule has 3 heterocycles. The van der Waals surface area contributed by atoms with E-state index in [1.807, 2.05) is 6.20 Å². The van der Waals surface area contributed by atoms with Crippen molar-refractivity contribution in [3.8, 4) is 0 Å². The maximum Gasteiger partial charge on any atom is 0.130 e. The van der Waals surface area contributed by atoms with Crippen LogP contribution in [0.2, 0.25) is 0 Å². The Hall–Kier alpha value is -1.25.